The van der Waals surface area contributed by atoms with E-state index in [1.165, 1.54) is 0 Å². The SMILES string of the molecule is Nc1c(C(=O)O)cc(F)cc1C(O)C(O)C(=O)O. The van der Waals surface area contributed by atoms with Crippen molar-refractivity contribution in [2.45, 2.75) is 12.2 Å². The van der Waals surface area contributed by atoms with Gasteiger partial charge in [-0.05, 0) is 12.1 Å². The van der Waals surface area contributed by atoms with Crippen LogP contribution in [0.4, 0.5) is 10.1 Å². The summed E-state index contributed by atoms with van der Waals surface area (Å²) in [5.41, 5.74) is 3.76. The second-order valence-electron chi connectivity index (χ2n) is 3.49. The molecular weight excluding hydrogens is 249 g/mol. The number of nitrogens with two attached hydrogens (primary N) is 1. The number of hydrogen-bond donors (Lipinski definition) is 5. The molecule has 1 aromatic carbocycles. The fourth-order valence-corrected chi connectivity index (χ4v) is 1.37. The molecule has 0 aliphatic carbocycles. The Balaban J connectivity index is 3.32. The Kier molecular flexibility index (Phi) is 3.84. The van der Waals surface area contributed by atoms with E-state index in [-0.39, 0.29) is 0 Å². The average Bonchev–Trinajstić information content (AvgIpc) is 2.29. The van der Waals surface area contributed by atoms with Gasteiger partial charge in [-0.2, -0.15) is 0 Å². The molecule has 0 aromatic heterocycles. The Labute approximate surface area is 99.9 Å². The van der Waals surface area contributed by atoms with E-state index in [2.05, 4.69) is 0 Å². The lowest BCUT2D eigenvalue weighted by molar-refractivity contribution is -0.153. The molecular formula is C10H10FNO6. The van der Waals surface area contributed by atoms with Crippen molar-refractivity contribution in [1.29, 1.82) is 0 Å². The number of hydrogen-bond acceptors (Lipinski definition) is 5. The first-order valence-electron chi connectivity index (χ1n) is 4.66. The second-order valence-corrected chi connectivity index (χ2v) is 3.49. The summed E-state index contributed by atoms with van der Waals surface area (Å²) in [6.45, 7) is 0. The first kappa shape index (κ1) is 13.9. The van der Waals surface area contributed by atoms with E-state index in [9.17, 15) is 19.1 Å². The number of halogens is 1. The van der Waals surface area contributed by atoms with Crippen LogP contribution in [0.2, 0.25) is 0 Å². The number of aliphatic hydroxyl groups is 2. The summed E-state index contributed by atoms with van der Waals surface area (Å²) >= 11 is 0. The van der Waals surface area contributed by atoms with Crippen molar-refractivity contribution in [2.75, 3.05) is 5.73 Å². The lowest BCUT2D eigenvalue weighted by Crippen LogP contribution is -2.28. The van der Waals surface area contributed by atoms with Crippen LogP contribution in [0.25, 0.3) is 0 Å². The van der Waals surface area contributed by atoms with Crippen molar-refractivity contribution in [2.24, 2.45) is 0 Å². The summed E-state index contributed by atoms with van der Waals surface area (Å²) in [5, 5.41) is 35.8. The predicted molar refractivity (Wildman–Crippen MR) is 56.4 cm³/mol. The van der Waals surface area contributed by atoms with Gasteiger partial charge < -0.3 is 26.2 Å². The summed E-state index contributed by atoms with van der Waals surface area (Å²) in [4.78, 5) is 21.2. The van der Waals surface area contributed by atoms with Gasteiger partial charge in [0.2, 0.25) is 0 Å². The number of carbonyl (C=O) groups is 2. The van der Waals surface area contributed by atoms with Crippen LogP contribution in [-0.4, -0.2) is 38.5 Å². The van der Waals surface area contributed by atoms with Gasteiger partial charge in [0.15, 0.2) is 6.10 Å². The van der Waals surface area contributed by atoms with Crippen molar-refractivity contribution in [3.8, 4) is 0 Å². The molecule has 0 heterocycles. The molecule has 0 fully saturated rings. The van der Waals surface area contributed by atoms with Crippen LogP contribution in [-0.2, 0) is 4.79 Å². The van der Waals surface area contributed by atoms with Gasteiger partial charge in [-0.15, -0.1) is 0 Å². The number of aliphatic carboxylic acids is 1. The average molecular weight is 259 g/mol. The van der Waals surface area contributed by atoms with Crippen LogP contribution in [0.3, 0.4) is 0 Å². The lowest BCUT2D eigenvalue weighted by atomic mass is 9.99. The number of carboxylic acid groups (broad SMARTS) is 2. The molecule has 6 N–H and O–H groups in total. The number of nitrogen functional groups attached to an aromatic ring is 1. The summed E-state index contributed by atoms with van der Waals surface area (Å²) in [6, 6.07) is 1.29. The number of carboxylic acids is 2. The molecule has 0 bridgehead atoms. The van der Waals surface area contributed by atoms with Gasteiger partial charge in [0.1, 0.15) is 11.9 Å². The molecule has 98 valence electrons. The normalized spacial score (nSPS) is 13.9. The van der Waals surface area contributed by atoms with Crippen LogP contribution in [0.1, 0.15) is 22.0 Å². The van der Waals surface area contributed by atoms with Crippen LogP contribution in [0.15, 0.2) is 12.1 Å². The molecule has 0 aliphatic heterocycles. The van der Waals surface area contributed by atoms with E-state index in [1.54, 1.807) is 0 Å². The maximum Gasteiger partial charge on any atom is 0.337 e. The van der Waals surface area contributed by atoms with E-state index in [1.807, 2.05) is 0 Å². The van der Waals surface area contributed by atoms with Gasteiger partial charge in [-0.1, -0.05) is 0 Å². The topological polar surface area (TPSA) is 141 Å². The summed E-state index contributed by atoms with van der Waals surface area (Å²) in [5.74, 6) is -4.30. The van der Waals surface area contributed by atoms with Crippen LogP contribution in [0, 0.1) is 5.82 Å². The number of benzene rings is 1. The highest BCUT2D eigenvalue weighted by Gasteiger charge is 2.29. The van der Waals surface area contributed by atoms with Crippen LogP contribution < -0.4 is 5.73 Å². The molecule has 7 nitrogen and oxygen atoms in total. The molecule has 0 radical (unpaired) electrons. The summed E-state index contributed by atoms with van der Waals surface area (Å²) in [6.07, 6.45) is -4.27. The molecule has 0 amide bonds. The molecule has 1 aromatic rings. The third-order valence-electron chi connectivity index (χ3n) is 2.28. The molecule has 1 rings (SSSR count). The highest BCUT2D eigenvalue weighted by atomic mass is 19.1. The van der Waals surface area contributed by atoms with Crippen molar-refractivity contribution in [1.82, 2.24) is 0 Å². The van der Waals surface area contributed by atoms with E-state index < -0.39 is 46.8 Å². The Hall–Kier alpha value is -2.19. The number of aliphatic hydroxyl groups excluding tert-OH is 2. The second kappa shape index (κ2) is 4.98. The fraction of sp³-hybridized carbons (Fsp3) is 0.200. The molecule has 0 saturated heterocycles. The Morgan fingerprint density at radius 2 is 1.78 bits per heavy atom. The Morgan fingerprint density at radius 1 is 1.22 bits per heavy atom. The molecule has 0 aliphatic rings. The molecule has 2 atom stereocenters. The highest BCUT2D eigenvalue weighted by molar-refractivity contribution is 5.94. The minimum absolute atomic E-state index is 0.498. The predicted octanol–water partition coefficient (Wildman–Crippen LogP) is -0.415. The highest BCUT2D eigenvalue weighted by Crippen LogP contribution is 2.27. The fourth-order valence-electron chi connectivity index (χ4n) is 1.37. The van der Waals surface area contributed by atoms with Crippen molar-refractivity contribution >= 4 is 17.6 Å². The third kappa shape index (κ3) is 2.55. The Morgan fingerprint density at radius 3 is 2.22 bits per heavy atom. The molecule has 8 heteroatoms. The Bertz CT molecular complexity index is 503. The monoisotopic (exact) mass is 259 g/mol. The van der Waals surface area contributed by atoms with Crippen LogP contribution in [0.5, 0.6) is 0 Å². The zero-order valence-electron chi connectivity index (χ0n) is 8.87. The van der Waals surface area contributed by atoms with Crippen molar-refractivity contribution in [3.63, 3.8) is 0 Å². The summed E-state index contributed by atoms with van der Waals surface area (Å²) < 4.78 is 13.1. The van der Waals surface area contributed by atoms with Gasteiger partial charge in [0.25, 0.3) is 0 Å². The smallest absolute Gasteiger partial charge is 0.337 e. The van der Waals surface area contributed by atoms with Gasteiger partial charge in [0.05, 0.1) is 11.3 Å². The maximum absolute atomic E-state index is 13.1. The molecule has 0 spiro atoms. The van der Waals surface area contributed by atoms with E-state index in [4.69, 9.17) is 21.1 Å². The largest absolute Gasteiger partial charge is 0.479 e. The van der Waals surface area contributed by atoms with Crippen molar-refractivity contribution < 1.29 is 34.4 Å². The quantitative estimate of drug-likeness (QED) is 0.462. The van der Waals surface area contributed by atoms with Gasteiger partial charge in [-0.25, -0.2) is 14.0 Å². The zero-order valence-corrected chi connectivity index (χ0v) is 8.87. The first-order chi connectivity index (χ1) is 8.25. The summed E-state index contributed by atoms with van der Waals surface area (Å²) in [7, 11) is 0. The van der Waals surface area contributed by atoms with E-state index in [0.29, 0.717) is 12.1 Å². The van der Waals surface area contributed by atoms with Gasteiger partial charge >= 0.3 is 11.9 Å². The third-order valence-corrected chi connectivity index (χ3v) is 2.28. The van der Waals surface area contributed by atoms with E-state index >= 15 is 0 Å². The first-order valence-corrected chi connectivity index (χ1v) is 4.66. The number of aromatic carboxylic acids is 1. The van der Waals surface area contributed by atoms with Gasteiger partial charge in [-0.3, -0.25) is 0 Å². The molecule has 0 saturated carbocycles. The van der Waals surface area contributed by atoms with E-state index in [0.717, 1.165) is 0 Å². The van der Waals surface area contributed by atoms with Crippen LogP contribution >= 0.6 is 0 Å². The van der Waals surface area contributed by atoms with Crippen molar-refractivity contribution in [3.05, 3.63) is 29.1 Å². The number of rotatable bonds is 4. The molecule has 2 unspecified atom stereocenters. The van der Waals surface area contributed by atoms with Gasteiger partial charge in [0, 0.05) is 5.56 Å². The zero-order chi connectivity index (χ0) is 14.0. The standard InChI is InChI=1S/C10H10FNO6/c11-3-1-4(7(13)8(14)10(17)18)6(12)5(2-3)9(15)16/h1-2,7-8,13-14H,12H2,(H,15,16)(H,17,18). The minimum Gasteiger partial charge on any atom is -0.479 e. The molecule has 18 heavy (non-hydrogen) atoms. The lowest BCUT2D eigenvalue weighted by Gasteiger charge is -2.17. The number of anilines is 1. The minimum atomic E-state index is -2.24. The maximum atomic E-state index is 13.1.